The summed E-state index contributed by atoms with van der Waals surface area (Å²) in [6, 6.07) is 0. The fourth-order valence-electron chi connectivity index (χ4n) is 0.535. The molecule has 7 heteroatoms. The van der Waals surface area contributed by atoms with Crippen molar-refractivity contribution in [3.63, 3.8) is 0 Å². The highest BCUT2D eigenvalue weighted by molar-refractivity contribution is 5.91. The first kappa shape index (κ1) is 13.5. The van der Waals surface area contributed by atoms with Crippen LogP contribution in [-0.4, -0.2) is 31.3 Å². The summed E-state index contributed by atoms with van der Waals surface area (Å²) in [6.07, 6.45) is -3.13. The lowest BCUT2D eigenvalue weighted by Gasteiger charge is -2.10. The van der Waals surface area contributed by atoms with Crippen LogP contribution < -0.4 is 0 Å². The Hall–Kier alpha value is -1.53. The Labute approximate surface area is 83.7 Å². The van der Waals surface area contributed by atoms with Crippen molar-refractivity contribution in [2.75, 3.05) is 13.3 Å². The van der Waals surface area contributed by atoms with Crippen LogP contribution in [0.15, 0.2) is 12.2 Å². The minimum Gasteiger partial charge on any atom is -0.463 e. The van der Waals surface area contributed by atoms with Gasteiger partial charge in [-0.15, -0.1) is 0 Å². The maximum absolute atomic E-state index is 12.1. The van der Waals surface area contributed by atoms with E-state index in [1.807, 2.05) is 0 Å². The fourth-order valence-corrected chi connectivity index (χ4v) is 0.535. The van der Waals surface area contributed by atoms with Crippen molar-refractivity contribution in [2.24, 2.45) is 0 Å². The van der Waals surface area contributed by atoms with Gasteiger partial charge < -0.3 is 9.47 Å². The first-order valence-electron chi connectivity index (χ1n) is 3.93. The summed E-state index contributed by atoms with van der Waals surface area (Å²) < 4.78 is 43.5. The molecular weight excluding hydrogens is 217 g/mol. The van der Waals surface area contributed by atoms with E-state index in [4.69, 9.17) is 0 Å². The molecule has 0 fully saturated rings. The SMILES string of the molecule is CCOC(=O)/C=C/C(=O)OC(F)(F)CF. The third-order valence-corrected chi connectivity index (χ3v) is 1.05. The smallest absolute Gasteiger partial charge is 0.429 e. The van der Waals surface area contributed by atoms with Crippen LogP contribution in [-0.2, 0) is 19.1 Å². The summed E-state index contributed by atoms with van der Waals surface area (Å²) in [7, 11) is 0. The summed E-state index contributed by atoms with van der Waals surface area (Å²) in [4.78, 5) is 21.2. The minimum absolute atomic E-state index is 0.0822. The number of halogens is 3. The monoisotopic (exact) mass is 226 g/mol. The van der Waals surface area contributed by atoms with Gasteiger partial charge in [0.2, 0.25) is 0 Å². The van der Waals surface area contributed by atoms with Crippen molar-refractivity contribution in [1.82, 2.24) is 0 Å². The number of carbonyl (C=O) groups excluding carboxylic acids is 2. The Morgan fingerprint density at radius 3 is 2.27 bits per heavy atom. The summed E-state index contributed by atoms with van der Waals surface area (Å²) in [6.45, 7) is -0.508. The molecule has 0 spiro atoms. The van der Waals surface area contributed by atoms with Gasteiger partial charge in [-0.25, -0.2) is 14.0 Å². The van der Waals surface area contributed by atoms with Crippen LogP contribution in [0.2, 0.25) is 0 Å². The van der Waals surface area contributed by atoms with Crippen LogP contribution in [0.25, 0.3) is 0 Å². The summed E-state index contributed by atoms with van der Waals surface area (Å²) in [5.74, 6) is -2.40. The maximum Gasteiger partial charge on any atom is 0.429 e. The van der Waals surface area contributed by atoms with E-state index < -0.39 is 24.7 Å². The number of esters is 2. The second-order valence-corrected chi connectivity index (χ2v) is 2.28. The van der Waals surface area contributed by atoms with Crippen LogP contribution in [0.3, 0.4) is 0 Å². The molecule has 0 atom stereocenters. The average Bonchev–Trinajstić information content (AvgIpc) is 2.15. The van der Waals surface area contributed by atoms with E-state index in [-0.39, 0.29) is 6.61 Å². The summed E-state index contributed by atoms with van der Waals surface area (Å²) in [5.41, 5.74) is 0. The largest absolute Gasteiger partial charge is 0.463 e. The molecule has 86 valence electrons. The Morgan fingerprint density at radius 1 is 1.27 bits per heavy atom. The van der Waals surface area contributed by atoms with Crippen molar-refractivity contribution in [3.8, 4) is 0 Å². The van der Waals surface area contributed by atoms with Crippen LogP contribution in [0, 0.1) is 0 Å². The van der Waals surface area contributed by atoms with E-state index in [2.05, 4.69) is 9.47 Å². The molecule has 0 aliphatic heterocycles. The molecule has 0 amide bonds. The molecule has 0 aromatic carbocycles. The van der Waals surface area contributed by atoms with Crippen molar-refractivity contribution in [3.05, 3.63) is 12.2 Å². The Balaban J connectivity index is 4.09. The highest BCUT2D eigenvalue weighted by Crippen LogP contribution is 2.15. The molecule has 0 saturated heterocycles. The molecule has 0 unspecified atom stereocenters. The standard InChI is InChI=1S/C8H9F3O4/c1-2-14-6(12)3-4-7(13)15-8(10,11)5-9/h3-4H,2,5H2,1H3/b4-3+. The van der Waals surface area contributed by atoms with Gasteiger partial charge in [-0.2, -0.15) is 8.78 Å². The quantitative estimate of drug-likeness (QED) is 0.522. The first-order chi connectivity index (χ1) is 6.91. The zero-order valence-electron chi connectivity index (χ0n) is 7.84. The minimum atomic E-state index is -4.17. The zero-order chi connectivity index (χ0) is 11.9. The summed E-state index contributed by atoms with van der Waals surface area (Å²) >= 11 is 0. The number of ether oxygens (including phenoxy) is 2. The molecule has 0 aromatic heterocycles. The topological polar surface area (TPSA) is 52.6 Å². The number of rotatable bonds is 5. The van der Waals surface area contributed by atoms with Gasteiger partial charge in [0.1, 0.15) is 0 Å². The fraction of sp³-hybridized carbons (Fsp3) is 0.500. The Bertz CT molecular complexity index is 263. The van der Waals surface area contributed by atoms with Crippen LogP contribution in [0.4, 0.5) is 13.2 Å². The van der Waals surface area contributed by atoms with Crippen molar-refractivity contribution in [2.45, 2.75) is 13.0 Å². The third kappa shape index (κ3) is 6.53. The number of hydrogen-bond donors (Lipinski definition) is 0. The van der Waals surface area contributed by atoms with Gasteiger partial charge in [-0.1, -0.05) is 0 Å². The molecule has 0 aliphatic carbocycles. The van der Waals surface area contributed by atoms with E-state index >= 15 is 0 Å². The molecule has 0 aliphatic rings. The lowest BCUT2D eigenvalue weighted by atomic mass is 10.5. The second-order valence-electron chi connectivity index (χ2n) is 2.28. The van der Waals surface area contributed by atoms with E-state index in [0.29, 0.717) is 12.2 Å². The molecule has 15 heavy (non-hydrogen) atoms. The highest BCUT2D eigenvalue weighted by Gasteiger charge is 2.33. The van der Waals surface area contributed by atoms with Crippen LogP contribution in [0.1, 0.15) is 6.92 Å². The first-order valence-corrected chi connectivity index (χ1v) is 3.93. The van der Waals surface area contributed by atoms with Crippen molar-refractivity contribution >= 4 is 11.9 Å². The van der Waals surface area contributed by atoms with Crippen LogP contribution in [0.5, 0.6) is 0 Å². The predicted octanol–water partition coefficient (Wildman–Crippen LogP) is 1.21. The normalized spacial score (nSPS) is 11.5. The van der Waals surface area contributed by atoms with Crippen molar-refractivity contribution < 1.29 is 32.2 Å². The average molecular weight is 226 g/mol. The van der Waals surface area contributed by atoms with E-state index in [9.17, 15) is 22.8 Å². The van der Waals surface area contributed by atoms with Gasteiger partial charge in [-0.05, 0) is 6.92 Å². The number of carbonyl (C=O) groups is 2. The summed E-state index contributed by atoms with van der Waals surface area (Å²) in [5, 5.41) is 0. The molecule has 0 N–H and O–H groups in total. The van der Waals surface area contributed by atoms with Gasteiger partial charge in [0.25, 0.3) is 0 Å². The van der Waals surface area contributed by atoms with Gasteiger partial charge in [0, 0.05) is 12.2 Å². The lowest BCUT2D eigenvalue weighted by molar-refractivity contribution is -0.234. The zero-order valence-corrected chi connectivity index (χ0v) is 7.84. The predicted molar refractivity (Wildman–Crippen MR) is 42.8 cm³/mol. The van der Waals surface area contributed by atoms with Crippen molar-refractivity contribution in [1.29, 1.82) is 0 Å². The van der Waals surface area contributed by atoms with E-state index in [1.54, 1.807) is 0 Å². The van der Waals surface area contributed by atoms with Gasteiger partial charge >= 0.3 is 18.0 Å². The van der Waals surface area contributed by atoms with Crippen LogP contribution >= 0.6 is 0 Å². The molecule has 0 rings (SSSR count). The molecule has 0 aromatic rings. The molecule has 0 saturated carbocycles. The third-order valence-electron chi connectivity index (χ3n) is 1.05. The second kappa shape index (κ2) is 6.05. The van der Waals surface area contributed by atoms with Gasteiger partial charge in [0.15, 0.2) is 6.67 Å². The Morgan fingerprint density at radius 2 is 1.80 bits per heavy atom. The van der Waals surface area contributed by atoms with E-state index in [0.717, 1.165) is 0 Å². The highest BCUT2D eigenvalue weighted by atomic mass is 19.3. The molecule has 0 heterocycles. The number of hydrogen-bond acceptors (Lipinski definition) is 4. The van der Waals surface area contributed by atoms with Gasteiger partial charge in [-0.3, -0.25) is 0 Å². The molecule has 0 bridgehead atoms. The molecule has 4 nitrogen and oxygen atoms in total. The van der Waals surface area contributed by atoms with Gasteiger partial charge in [0.05, 0.1) is 6.61 Å². The Kier molecular flexibility index (Phi) is 5.43. The lowest BCUT2D eigenvalue weighted by Crippen LogP contribution is -2.26. The molecular formula is C8H9F3O4. The number of alkyl halides is 3. The maximum atomic E-state index is 12.1. The molecule has 0 radical (unpaired) electrons. The van der Waals surface area contributed by atoms with E-state index in [1.165, 1.54) is 6.92 Å².